The highest BCUT2D eigenvalue weighted by Gasteiger charge is 2.17. The summed E-state index contributed by atoms with van der Waals surface area (Å²) < 4.78 is 0. The molecule has 6 heteroatoms. The van der Waals surface area contributed by atoms with Crippen molar-refractivity contribution in [1.82, 2.24) is 4.98 Å². The summed E-state index contributed by atoms with van der Waals surface area (Å²) in [7, 11) is 0. The maximum Gasteiger partial charge on any atom is 0.354 e. The molecular weight excluding hydrogens is 288 g/mol. The first-order chi connectivity index (χ1) is 10.1. The Morgan fingerprint density at radius 3 is 2.76 bits per heavy atom. The SMILES string of the molecule is CSC(CO)C(C)Nc1cc(C(=O)O)nc2ccccc12. The maximum atomic E-state index is 11.2. The number of carbonyl (C=O) groups is 1. The lowest BCUT2D eigenvalue weighted by atomic mass is 10.1. The van der Waals surface area contributed by atoms with Crippen LogP contribution in [0.1, 0.15) is 17.4 Å². The third kappa shape index (κ3) is 3.46. The van der Waals surface area contributed by atoms with Gasteiger partial charge in [0.1, 0.15) is 0 Å². The van der Waals surface area contributed by atoms with Gasteiger partial charge in [-0.2, -0.15) is 11.8 Å². The molecule has 112 valence electrons. The number of pyridine rings is 1. The molecule has 2 aromatic rings. The molecule has 0 aliphatic rings. The number of hydrogen-bond donors (Lipinski definition) is 3. The average Bonchev–Trinajstić information content (AvgIpc) is 2.48. The van der Waals surface area contributed by atoms with E-state index in [1.165, 1.54) is 6.07 Å². The lowest BCUT2D eigenvalue weighted by Gasteiger charge is -2.23. The molecule has 0 radical (unpaired) electrons. The maximum absolute atomic E-state index is 11.2. The zero-order valence-electron chi connectivity index (χ0n) is 11.9. The summed E-state index contributed by atoms with van der Waals surface area (Å²) in [5.74, 6) is -1.06. The number of hydrogen-bond acceptors (Lipinski definition) is 5. The predicted octanol–water partition coefficient (Wildman–Crippen LogP) is 2.46. The van der Waals surface area contributed by atoms with Crippen molar-refractivity contribution in [3.8, 4) is 0 Å². The van der Waals surface area contributed by atoms with E-state index in [9.17, 15) is 9.90 Å². The van der Waals surface area contributed by atoms with Crippen LogP contribution in [0.2, 0.25) is 0 Å². The predicted molar refractivity (Wildman–Crippen MR) is 86.2 cm³/mol. The fourth-order valence-electron chi connectivity index (χ4n) is 2.18. The van der Waals surface area contributed by atoms with E-state index in [0.717, 1.165) is 11.1 Å². The number of nitrogens with one attached hydrogen (secondary N) is 1. The van der Waals surface area contributed by atoms with Gasteiger partial charge in [0.05, 0.1) is 12.1 Å². The van der Waals surface area contributed by atoms with E-state index in [2.05, 4.69) is 10.3 Å². The number of fused-ring (bicyclic) bond motifs is 1. The number of thioether (sulfide) groups is 1. The lowest BCUT2D eigenvalue weighted by Crippen LogP contribution is -2.31. The summed E-state index contributed by atoms with van der Waals surface area (Å²) >= 11 is 1.57. The first-order valence-corrected chi connectivity index (χ1v) is 7.89. The molecule has 5 nitrogen and oxygen atoms in total. The second-order valence-electron chi connectivity index (χ2n) is 4.77. The molecule has 0 saturated carbocycles. The Hall–Kier alpha value is -1.79. The standard InChI is InChI=1S/C15H18N2O3S/c1-9(14(8-18)21-2)16-12-7-13(15(19)20)17-11-6-4-3-5-10(11)12/h3-7,9,14,18H,8H2,1-2H3,(H,16,17)(H,19,20). The smallest absolute Gasteiger partial charge is 0.354 e. The Morgan fingerprint density at radius 1 is 1.43 bits per heavy atom. The molecule has 2 atom stereocenters. The van der Waals surface area contributed by atoms with Gasteiger partial charge in [-0.05, 0) is 25.3 Å². The molecule has 0 bridgehead atoms. The van der Waals surface area contributed by atoms with Crippen molar-refractivity contribution in [2.24, 2.45) is 0 Å². The second-order valence-corrected chi connectivity index (χ2v) is 5.84. The number of rotatable bonds is 6. The van der Waals surface area contributed by atoms with Gasteiger partial charge in [-0.25, -0.2) is 9.78 Å². The van der Waals surface area contributed by atoms with Crippen molar-refractivity contribution in [2.75, 3.05) is 18.2 Å². The molecule has 0 fully saturated rings. The van der Waals surface area contributed by atoms with E-state index < -0.39 is 5.97 Å². The van der Waals surface area contributed by atoms with Crippen LogP contribution in [0.5, 0.6) is 0 Å². The number of aromatic nitrogens is 1. The molecule has 2 rings (SSSR count). The number of para-hydroxylation sites is 1. The van der Waals surface area contributed by atoms with Gasteiger partial charge in [0.15, 0.2) is 5.69 Å². The highest BCUT2D eigenvalue weighted by molar-refractivity contribution is 7.99. The van der Waals surface area contributed by atoms with Crippen molar-refractivity contribution in [1.29, 1.82) is 0 Å². The van der Waals surface area contributed by atoms with Crippen LogP contribution in [-0.4, -0.2) is 45.3 Å². The summed E-state index contributed by atoms with van der Waals surface area (Å²) in [4.78, 5) is 15.3. The van der Waals surface area contributed by atoms with Crippen molar-refractivity contribution in [3.05, 3.63) is 36.0 Å². The quantitative estimate of drug-likeness (QED) is 0.760. The largest absolute Gasteiger partial charge is 0.477 e. The molecule has 0 aliphatic carbocycles. The van der Waals surface area contributed by atoms with Gasteiger partial charge in [-0.1, -0.05) is 18.2 Å². The summed E-state index contributed by atoms with van der Waals surface area (Å²) in [6.45, 7) is 2.02. The molecule has 1 aromatic carbocycles. The van der Waals surface area contributed by atoms with Crippen LogP contribution in [0.25, 0.3) is 10.9 Å². The first kappa shape index (κ1) is 15.6. The van der Waals surface area contributed by atoms with E-state index >= 15 is 0 Å². The minimum absolute atomic E-state index is 0.00236. The van der Waals surface area contributed by atoms with Gasteiger partial charge in [-0.15, -0.1) is 0 Å². The molecule has 1 aromatic heterocycles. The number of carboxylic acids is 1. The molecule has 21 heavy (non-hydrogen) atoms. The highest BCUT2D eigenvalue weighted by Crippen LogP contribution is 2.25. The van der Waals surface area contributed by atoms with E-state index in [1.807, 2.05) is 31.4 Å². The number of benzene rings is 1. The Morgan fingerprint density at radius 2 is 2.14 bits per heavy atom. The van der Waals surface area contributed by atoms with Crippen LogP contribution >= 0.6 is 11.8 Å². The number of nitrogens with zero attached hydrogens (tertiary/aromatic N) is 1. The fraction of sp³-hybridized carbons (Fsp3) is 0.333. The Balaban J connectivity index is 2.44. The van der Waals surface area contributed by atoms with E-state index in [4.69, 9.17) is 5.11 Å². The number of aliphatic hydroxyl groups excluding tert-OH is 1. The van der Waals surface area contributed by atoms with Crippen LogP contribution in [0, 0.1) is 0 Å². The number of aliphatic hydroxyl groups is 1. The van der Waals surface area contributed by atoms with Crippen LogP contribution in [0.4, 0.5) is 5.69 Å². The van der Waals surface area contributed by atoms with Gasteiger partial charge >= 0.3 is 5.97 Å². The van der Waals surface area contributed by atoms with Crippen molar-refractivity contribution >= 4 is 34.3 Å². The molecule has 0 aliphatic heterocycles. The van der Waals surface area contributed by atoms with Crippen molar-refractivity contribution in [2.45, 2.75) is 18.2 Å². The normalized spacial score (nSPS) is 13.9. The van der Waals surface area contributed by atoms with Gasteiger partial charge in [0, 0.05) is 22.4 Å². The molecule has 0 saturated heterocycles. The van der Waals surface area contributed by atoms with E-state index in [1.54, 1.807) is 17.8 Å². The minimum Gasteiger partial charge on any atom is -0.477 e. The monoisotopic (exact) mass is 306 g/mol. The first-order valence-electron chi connectivity index (χ1n) is 6.60. The summed E-state index contributed by atoms with van der Waals surface area (Å²) in [5.41, 5.74) is 1.36. The highest BCUT2D eigenvalue weighted by atomic mass is 32.2. The molecular formula is C15H18N2O3S. The molecule has 2 unspecified atom stereocenters. The van der Waals surface area contributed by atoms with Gasteiger partial charge in [0.25, 0.3) is 0 Å². The van der Waals surface area contributed by atoms with E-state index in [-0.39, 0.29) is 23.6 Å². The van der Waals surface area contributed by atoms with Gasteiger partial charge < -0.3 is 15.5 Å². The van der Waals surface area contributed by atoms with Gasteiger partial charge in [-0.3, -0.25) is 0 Å². The second kappa shape index (κ2) is 6.78. The number of aromatic carboxylic acids is 1. The fourth-order valence-corrected chi connectivity index (χ4v) is 2.80. The van der Waals surface area contributed by atoms with E-state index in [0.29, 0.717) is 5.52 Å². The third-order valence-electron chi connectivity index (χ3n) is 3.36. The summed E-state index contributed by atoms with van der Waals surface area (Å²) in [6.07, 6.45) is 1.94. The number of anilines is 1. The zero-order chi connectivity index (χ0) is 15.4. The lowest BCUT2D eigenvalue weighted by molar-refractivity contribution is 0.0691. The molecule has 3 N–H and O–H groups in total. The Bertz CT molecular complexity index is 644. The third-order valence-corrected chi connectivity index (χ3v) is 4.52. The van der Waals surface area contributed by atoms with Crippen LogP contribution in [-0.2, 0) is 0 Å². The minimum atomic E-state index is -1.06. The van der Waals surface area contributed by atoms with Crippen LogP contribution in [0.3, 0.4) is 0 Å². The Labute approximate surface area is 127 Å². The van der Waals surface area contributed by atoms with Gasteiger partial charge in [0.2, 0.25) is 0 Å². The zero-order valence-corrected chi connectivity index (χ0v) is 12.7. The summed E-state index contributed by atoms with van der Waals surface area (Å²) in [5, 5.41) is 22.7. The molecule has 0 spiro atoms. The van der Waals surface area contributed by atoms with Crippen LogP contribution < -0.4 is 5.32 Å². The van der Waals surface area contributed by atoms with Crippen molar-refractivity contribution < 1.29 is 15.0 Å². The van der Waals surface area contributed by atoms with Crippen molar-refractivity contribution in [3.63, 3.8) is 0 Å². The topological polar surface area (TPSA) is 82.5 Å². The molecule has 0 amide bonds. The van der Waals surface area contributed by atoms with Crippen LogP contribution in [0.15, 0.2) is 30.3 Å². The number of carboxylic acid groups (broad SMARTS) is 1. The average molecular weight is 306 g/mol. The summed E-state index contributed by atoms with van der Waals surface area (Å²) in [6, 6.07) is 8.93. The molecule has 1 heterocycles. The Kier molecular flexibility index (Phi) is 5.03.